The van der Waals surface area contributed by atoms with E-state index < -0.39 is 10.0 Å². The molecule has 0 bridgehead atoms. The maximum absolute atomic E-state index is 12.9. The minimum absolute atomic E-state index is 0.370. The lowest BCUT2D eigenvalue weighted by Gasteiger charge is -2.22. The Balaban J connectivity index is 1.79. The van der Waals surface area contributed by atoms with E-state index in [1.54, 1.807) is 7.05 Å². The molecule has 0 amide bonds. The zero-order chi connectivity index (χ0) is 18.0. The van der Waals surface area contributed by atoms with E-state index in [-0.39, 0.29) is 0 Å². The van der Waals surface area contributed by atoms with Gasteiger partial charge in [0, 0.05) is 33.4 Å². The van der Waals surface area contributed by atoms with Crippen LogP contribution in [0.25, 0.3) is 6.08 Å². The van der Waals surface area contributed by atoms with E-state index in [0.29, 0.717) is 17.9 Å². The third kappa shape index (κ3) is 3.78. The molecule has 5 heteroatoms. The van der Waals surface area contributed by atoms with Gasteiger partial charge in [-0.15, -0.1) is 0 Å². The average Bonchev–Trinajstić information content (AvgIpc) is 2.61. The van der Waals surface area contributed by atoms with Crippen molar-refractivity contribution < 1.29 is 8.42 Å². The maximum atomic E-state index is 12.9. The molecule has 0 spiro atoms. The molecular weight excluding hydrogens is 332 g/mol. The molecule has 3 rings (SSSR count). The number of nitrogens with zero attached hydrogens (tertiary/aromatic N) is 2. The number of sulfonamides is 1. The van der Waals surface area contributed by atoms with Crippen molar-refractivity contribution in [2.24, 2.45) is 0 Å². The Kier molecular flexibility index (Phi) is 4.97. The van der Waals surface area contributed by atoms with Crippen molar-refractivity contribution in [3.63, 3.8) is 0 Å². The molecule has 0 fully saturated rings. The first-order chi connectivity index (χ1) is 11.9. The normalized spacial score (nSPS) is 14.2. The highest BCUT2D eigenvalue weighted by atomic mass is 32.2. The number of fused-ring (bicyclic) bond motifs is 1. The Bertz CT molecular complexity index is 884. The lowest BCUT2D eigenvalue weighted by Crippen LogP contribution is -2.28. The molecule has 0 heterocycles. The number of benzene rings is 2. The highest BCUT2D eigenvalue weighted by Crippen LogP contribution is 2.29. The number of hydrogen-bond acceptors (Lipinski definition) is 3. The largest absolute Gasteiger partial charge is 0.378 e. The van der Waals surface area contributed by atoms with Crippen molar-refractivity contribution >= 4 is 21.8 Å². The molecule has 0 saturated heterocycles. The van der Waals surface area contributed by atoms with Crippen molar-refractivity contribution in [1.29, 1.82) is 0 Å². The van der Waals surface area contributed by atoms with Crippen molar-refractivity contribution in [2.75, 3.05) is 26.0 Å². The van der Waals surface area contributed by atoms with Gasteiger partial charge in [-0.2, -0.15) is 4.31 Å². The molecule has 1 aliphatic carbocycles. The van der Waals surface area contributed by atoms with Crippen LogP contribution in [0, 0.1) is 0 Å². The van der Waals surface area contributed by atoms with Crippen LogP contribution in [-0.4, -0.2) is 33.9 Å². The molecule has 0 N–H and O–H groups in total. The Hall–Kier alpha value is -2.11. The zero-order valence-corrected chi connectivity index (χ0v) is 15.8. The van der Waals surface area contributed by atoms with Crippen molar-refractivity contribution in [2.45, 2.75) is 19.4 Å². The van der Waals surface area contributed by atoms with Gasteiger partial charge in [-0.1, -0.05) is 36.4 Å². The fourth-order valence-electron chi connectivity index (χ4n) is 3.05. The highest BCUT2D eigenvalue weighted by Gasteiger charge is 2.26. The Morgan fingerprint density at radius 1 is 0.920 bits per heavy atom. The summed E-state index contributed by atoms with van der Waals surface area (Å²) in [4.78, 5) is 2.52. The van der Waals surface area contributed by atoms with Crippen LogP contribution in [0.15, 0.2) is 53.4 Å². The van der Waals surface area contributed by atoms with Gasteiger partial charge in [-0.05, 0) is 47.7 Å². The molecule has 4 nitrogen and oxygen atoms in total. The lowest BCUT2D eigenvalue weighted by atomic mass is 9.98. The summed E-state index contributed by atoms with van der Waals surface area (Å²) < 4.78 is 27.3. The Morgan fingerprint density at radius 2 is 1.60 bits per heavy atom. The van der Waals surface area contributed by atoms with E-state index in [1.165, 1.54) is 9.87 Å². The molecule has 2 aromatic carbocycles. The van der Waals surface area contributed by atoms with Gasteiger partial charge < -0.3 is 4.90 Å². The molecule has 0 atom stereocenters. The third-order valence-corrected chi connectivity index (χ3v) is 6.55. The first-order valence-corrected chi connectivity index (χ1v) is 9.83. The second kappa shape index (κ2) is 7.02. The van der Waals surface area contributed by atoms with Gasteiger partial charge in [0.2, 0.25) is 10.0 Å². The molecule has 1 aliphatic rings. The van der Waals surface area contributed by atoms with Crippen LogP contribution in [0.3, 0.4) is 0 Å². The fourth-order valence-corrected chi connectivity index (χ4v) is 4.41. The molecule has 0 aliphatic heterocycles. The van der Waals surface area contributed by atoms with E-state index in [1.807, 2.05) is 67.5 Å². The number of anilines is 1. The third-order valence-electron chi connectivity index (χ3n) is 4.61. The summed E-state index contributed by atoms with van der Waals surface area (Å²) in [6, 6.07) is 15.9. The minimum atomic E-state index is -3.45. The zero-order valence-electron chi connectivity index (χ0n) is 14.9. The summed E-state index contributed by atoms with van der Waals surface area (Å²) in [5.41, 5.74) is 4.30. The van der Waals surface area contributed by atoms with Gasteiger partial charge in [0.1, 0.15) is 0 Å². The summed E-state index contributed by atoms with van der Waals surface area (Å²) >= 11 is 0. The predicted molar refractivity (Wildman–Crippen MR) is 104 cm³/mol. The van der Waals surface area contributed by atoms with E-state index in [0.717, 1.165) is 23.2 Å². The van der Waals surface area contributed by atoms with Gasteiger partial charge in [0.05, 0.1) is 4.91 Å². The monoisotopic (exact) mass is 356 g/mol. The second-order valence-electron chi connectivity index (χ2n) is 6.63. The van der Waals surface area contributed by atoms with Crippen LogP contribution in [0.1, 0.15) is 23.1 Å². The highest BCUT2D eigenvalue weighted by molar-refractivity contribution is 7.93. The smallest absolute Gasteiger partial charge is 0.239 e. The van der Waals surface area contributed by atoms with Gasteiger partial charge in [-0.3, -0.25) is 0 Å². The van der Waals surface area contributed by atoms with Crippen LogP contribution < -0.4 is 4.90 Å². The second-order valence-corrected chi connectivity index (χ2v) is 8.73. The van der Waals surface area contributed by atoms with Crippen LogP contribution in [0.2, 0.25) is 0 Å². The molecule has 0 radical (unpaired) electrons. The molecular formula is C20H24N2O2S. The SMILES string of the molecule is CN(C)c1ccc(CN(C)S(=O)(=O)C2=Cc3ccccc3CC2)cc1. The van der Waals surface area contributed by atoms with Crippen LogP contribution in [-0.2, 0) is 23.0 Å². The van der Waals surface area contributed by atoms with Gasteiger partial charge in [-0.25, -0.2) is 8.42 Å². The summed E-state index contributed by atoms with van der Waals surface area (Å²) in [5, 5.41) is 0. The lowest BCUT2D eigenvalue weighted by molar-refractivity contribution is 0.471. The minimum Gasteiger partial charge on any atom is -0.378 e. The van der Waals surface area contributed by atoms with E-state index in [9.17, 15) is 8.42 Å². The van der Waals surface area contributed by atoms with Crippen LogP contribution >= 0.6 is 0 Å². The molecule has 25 heavy (non-hydrogen) atoms. The summed E-state index contributed by atoms with van der Waals surface area (Å²) in [6.45, 7) is 0.370. The maximum Gasteiger partial charge on any atom is 0.239 e. The summed E-state index contributed by atoms with van der Waals surface area (Å²) in [5.74, 6) is 0. The number of aryl methyl sites for hydroxylation is 1. The molecule has 0 unspecified atom stereocenters. The molecule has 132 valence electrons. The van der Waals surface area contributed by atoms with E-state index >= 15 is 0 Å². The first kappa shape index (κ1) is 17.7. The standard InChI is InChI=1S/C20H24N2O2S/c1-21(2)19-11-8-16(9-12-19)15-22(3)25(23,24)20-13-10-17-6-4-5-7-18(17)14-20/h4-9,11-12,14H,10,13,15H2,1-3H3. The predicted octanol–water partition coefficient (Wildman–Crippen LogP) is 3.50. The number of allylic oxidation sites excluding steroid dienone is 1. The first-order valence-electron chi connectivity index (χ1n) is 8.39. The average molecular weight is 356 g/mol. The van der Waals surface area contributed by atoms with Crippen LogP contribution in [0.5, 0.6) is 0 Å². The van der Waals surface area contributed by atoms with Crippen molar-refractivity contribution in [3.8, 4) is 0 Å². The number of rotatable bonds is 5. The summed E-state index contributed by atoms with van der Waals surface area (Å²) in [6.07, 6.45) is 3.15. The van der Waals surface area contributed by atoms with Crippen LogP contribution in [0.4, 0.5) is 5.69 Å². The quantitative estimate of drug-likeness (QED) is 0.823. The molecule has 2 aromatic rings. The van der Waals surface area contributed by atoms with Gasteiger partial charge >= 0.3 is 0 Å². The van der Waals surface area contributed by atoms with Gasteiger partial charge in [0.25, 0.3) is 0 Å². The summed E-state index contributed by atoms with van der Waals surface area (Å²) in [7, 11) is 2.17. The molecule has 0 aromatic heterocycles. The topological polar surface area (TPSA) is 40.6 Å². The molecule has 0 saturated carbocycles. The van der Waals surface area contributed by atoms with E-state index in [2.05, 4.69) is 6.07 Å². The van der Waals surface area contributed by atoms with Gasteiger partial charge in [0.15, 0.2) is 0 Å². The van der Waals surface area contributed by atoms with E-state index in [4.69, 9.17) is 0 Å². The Morgan fingerprint density at radius 3 is 2.28 bits per heavy atom. The van der Waals surface area contributed by atoms with Crippen molar-refractivity contribution in [1.82, 2.24) is 4.31 Å². The Labute approximate surface area is 150 Å². The number of hydrogen-bond donors (Lipinski definition) is 0. The fraction of sp³-hybridized carbons (Fsp3) is 0.300. The van der Waals surface area contributed by atoms with Crippen molar-refractivity contribution in [3.05, 3.63) is 70.1 Å².